The van der Waals surface area contributed by atoms with E-state index < -0.39 is 0 Å². The quantitative estimate of drug-likeness (QED) is 0.809. The van der Waals surface area contributed by atoms with Gasteiger partial charge in [0.2, 0.25) is 0 Å². The summed E-state index contributed by atoms with van der Waals surface area (Å²) in [5, 5.41) is 0. The molecule has 0 bridgehead atoms. The molecule has 0 amide bonds. The van der Waals surface area contributed by atoms with Crippen LogP contribution in [-0.2, 0) is 0 Å². The number of benzene rings is 2. The Balaban J connectivity index is 1.98. The lowest BCUT2D eigenvalue weighted by atomic mass is 9.79. The minimum atomic E-state index is 0.0788. The summed E-state index contributed by atoms with van der Waals surface area (Å²) in [5.74, 6) is 0.247. The molecule has 0 saturated heterocycles. The summed E-state index contributed by atoms with van der Waals surface area (Å²) in [7, 11) is 0. The zero-order valence-corrected chi connectivity index (χ0v) is 12.4. The van der Waals surface area contributed by atoms with E-state index in [4.69, 9.17) is 5.73 Å². The smallest absolute Gasteiger partial charge is 0.0364 e. The fourth-order valence-electron chi connectivity index (χ4n) is 3.31. The van der Waals surface area contributed by atoms with Gasteiger partial charge in [0.05, 0.1) is 0 Å². The topological polar surface area (TPSA) is 26.0 Å². The lowest BCUT2D eigenvalue weighted by Gasteiger charge is -2.29. The highest BCUT2D eigenvalue weighted by atomic mass is 14.7. The highest BCUT2D eigenvalue weighted by Gasteiger charge is 2.25. The summed E-state index contributed by atoms with van der Waals surface area (Å²) in [6.45, 7) is 0. The molecular weight excluding hydrogens is 254 g/mol. The molecule has 1 unspecified atom stereocenters. The van der Waals surface area contributed by atoms with E-state index in [1.165, 1.54) is 36.0 Å². The Hall–Kier alpha value is -1.86. The first-order valence-corrected chi connectivity index (χ1v) is 7.90. The molecule has 0 radical (unpaired) electrons. The molecule has 0 spiro atoms. The van der Waals surface area contributed by atoms with Gasteiger partial charge in [0.15, 0.2) is 0 Å². The number of allylic oxidation sites excluding steroid dienone is 1. The molecule has 0 aromatic heterocycles. The van der Waals surface area contributed by atoms with E-state index in [9.17, 15) is 0 Å². The zero-order chi connectivity index (χ0) is 14.5. The maximum absolute atomic E-state index is 6.69. The van der Waals surface area contributed by atoms with Crippen molar-refractivity contribution in [2.24, 2.45) is 5.73 Å². The molecule has 0 heterocycles. The molecule has 0 aliphatic heterocycles. The number of rotatable bonds is 4. The molecule has 1 aliphatic carbocycles. The second-order valence-corrected chi connectivity index (χ2v) is 5.85. The minimum absolute atomic E-state index is 0.0788. The predicted molar refractivity (Wildman–Crippen MR) is 89.3 cm³/mol. The van der Waals surface area contributed by atoms with Crippen molar-refractivity contribution in [3.8, 4) is 0 Å². The van der Waals surface area contributed by atoms with E-state index in [1.807, 2.05) is 0 Å². The highest BCUT2D eigenvalue weighted by molar-refractivity contribution is 5.37. The van der Waals surface area contributed by atoms with Crippen LogP contribution in [0.25, 0.3) is 0 Å². The van der Waals surface area contributed by atoms with Gasteiger partial charge in [0.25, 0.3) is 0 Å². The van der Waals surface area contributed by atoms with E-state index in [2.05, 4.69) is 66.7 Å². The van der Waals surface area contributed by atoms with Gasteiger partial charge in [-0.1, -0.05) is 72.3 Å². The normalized spacial score (nSPS) is 16.6. The molecule has 108 valence electrons. The monoisotopic (exact) mass is 277 g/mol. The SMILES string of the molecule is NC(C1=CCCCC1)C(c1ccccc1)c1ccccc1. The predicted octanol–water partition coefficient (Wildman–Crippen LogP) is 4.65. The standard InChI is InChI=1S/C20H23N/c21-20(18-14-8-3-9-15-18)19(16-10-4-1-5-11-16)17-12-6-2-7-13-17/h1-2,4-7,10-14,19-20H,3,8-9,15,21H2. The van der Waals surface area contributed by atoms with Crippen LogP contribution in [0.15, 0.2) is 72.3 Å². The Morgan fingerprint density at radius 1 is 0.762 bits per heavy atom. The molecule has 0 fully saturated rings. The van der Waals surface area contributed by atoms with Gasteiger partial charge in [0.1, 0.15) is 0 Å². The van der Waals surface area contributed by atoms with Crippen LogP contribution >= 0.6 is 0 Å². The van der Waals surface area contributed by atoms with E-state index in [0.717, 1.165) is 6.42 Å². The molecular formula is C20H23N. The van der Waals surface area contributed by atoms with Crippen LogP contribution < -0.4 is 5.73 Å². The van der Waals surface area contributed by atoms with Crippen LogP contribution in [-0.4, -0.2) is 6.04 Å². The Kier molecular flexibility index (Phi) is 4.52. The number of nitrogens with two attached hydrogens (primary N) is 1. The zero-order valence-electron chi connectivity index (χ0n) is 12.4. The minimum Gasteiger partial charge on any atom is -0.323 e. The molecule has 1 nitrogen and oxygen atoms in total. The van der Waals surface area contributed by atoms with E-state index in [0.29, 0.717) is 0 Å². The Bertz CT molecular complexity index is 546. The third-order valence-electron chi connectivity index (χ3n) is 4.43. The highest BCUT2D eigenvalue weighted by Crippen LogP contribution is 2.33. The van der Waals surface area contributed by atoms with Crippen molar-refractivity contribution in [2.75, 3.05) is 0 Å². The third-order valence-corrected chi connectivity index (χ3v) is 4.43. The Labute approximate surface area is 127 Å². The molecule has 3 rings (SSSR count). The molecule has 2 aromatic carbocycles. The van der Waals surface area contributed by atoms with Crippen LogP contribution in [0.3, 0.4) is 0 Å². The summed E-state index contributed by atoms with van der Waals surface area (Å²) in [6.07, 6.45) is 7.27. The van der Waals surface area contributed by atoms with Crippen LogP contribution in [0.1, 0.15) is 42.7 Å². The van der Waals surface area contributed by atoms with Gasteiger partial charge in [-0.2, -0.15) is 0 Å². The Morgan fingerprint density at radius 2 is 1.33 bits per heavy atom. The van der Waals surface area contributed by atoms with Crippen molar-refractivity contribution in [2.45, 2.75) is 37.6 Å². The second kappa shape index (κ2) is 6.73. The fraction of sp³-hybridized carbons (Fsp3) is 0.300. The van der Waals surface area contributed by atoms with Crippen molar-refractivity contribution < 1.29 is 0 Å². The van der Waals surface area contributed by atoms with E-state index in [-0.39, 0.29) is 12.0 Å². The number of hydrogen-bond acceptors (Lipinski definition) is 1. The van der Waals surface area contributed by atoms with Crippen LogP contribution in [0.4, 0.5) is 0 Å². The second-order valence-electron chi connectivity index (χ2n) is 5.85. The lowest BCUT2D eigenvalue weighted by molar-refractivity contribution is 0.592. The average Bonchev–Trinajstić information content (AvgIpc) is 2.58. The fourth-order valence-corrected chi connectivity index (χ4v) is 3.31. The van der Waals surface area contributed by atoms with Crippen LogP contribution in [0.2, 0.25) is 0 Å². The molecule has 2 aromatic rings. The molecule has 1 heteroatoms. The summed E-state index contributed by atoms with van der Waals surface area (Å²) < 4.78 is 0. The first-order chi connectivity index (χ1) is 10.4. The van der Waals surface area contributed by atoms with Gasteiger partial charge < -0.3 is 5.73 Å². The van der Waals surface area contributed by atoms with Crippen molar-refractivity contribution in [1.29, 1.82) is 0 Å². The first-order valence-electron chi connectivity index (χ1n) is 7.90. The van der Waals surface area contributed by atoms with Gasteiger partial charge in [-0.05, 0) is 36.8 Å². The first kappa shape index (κ1) is 14.1. The van der Waals surface area contributed by atoms with E-state index in [1.54, 1.807) is 0 Å². The largest absolute Gasteiger partial charge is 0.323 e. The third kappa shape index (κ3) is 3.25. The molecule has 1 atom stereocenters. The maximum atomic E-state index is 6.69. The van der Waals surface area contributed by atoms with Crippen molar-refractivity contribution in [1.82, 2.24) is 0 Å². The summed E-state index contributed by atoms with van der Waals surface area (Å²) in [4.78, 5) is 0. The molecule has 2 N–H and O–H groups in total. The van der Waals surface area contributed by atoms with Crippen LogP contribution in [0, 0.1) is 0 Å². The summed E-state index contributed by atoms with van der Waals surface area (Å²) in [6, 6.07) is 21.4. The molecule has 0 saturated carbocycles. The van der Waals surface area contributed by atoms with Crippen molar-refractivity contribution in [3.63, 3.8) is 0 Å². The maximum Gasteiger partial charge on any atom is 0.0364 e. The van der Waals surface area contributed by atoms with Gasteiger partial charge in [-0.3, -0.25) is 0 Å². The van der Waals surface area contributed by atoms with E-state index >= 15 is 0 Å². The van der Waals surface area contributed by atoms with Crippen molar-refractivity contribution >= 4 is 0 Å². The molecule has 1 aliphatic rings. The summed E-state index contributed by atoms with van der Waals surface area (Å²) in [5.41, 5.74) is 10.7. The van der Waals surface area contributed by atoms with Gasteiger partial charge in [-0.15, -0.1) is 0 Å². The van der Waals surface area contributed by atoms with Gasteiger partial charge in [-0.25, -0.2) is 0 Å². The van der Waals surface area contributed by atoms with Crippen LogP contribution in [0.5, 0.6) is 0 Å². The van der Waals surface area contributed by atoms with Gasteiger partial charge in [0, 0.05) is 12.0 Å². The average molecular weight is 277 g/mol. The summed E-state index contributed by atoms with van der Waals surface area (Å²) >= 11 is 0. The van der Waals surface area contributed by atoms with Gasteiger partial charge >= 0.3 is 0 Å². The molecule has 21 heavy (non-hydrogen) atoms. The van der Waals surface area contributed by atoms with Crippen molar-refractivity contribution in [3.05, 3.63) is 83.4 Å². The number of hydrogen-bond donors (Lipinski definition) is 1. The Morgan fingerprint density at radius 3 is 1.81 bits per heavy atom. The lowest BCUT2D eigenvalue weighted by Crippen LogP contribution is -2.32.